The molecule has 0 atom stereocenters. The Labute approximate surface area is 171 Å². The van der Waals surface area contributed by atoms with Gasteiger partial charge in [-0.25, -0.2) is 0 Å². The van der Waals surface area contributed by atoms with E-state index in [1.807, 2.05) is 20.8 Å². The minimum Gasteiger partial charge on any atom is -0.377 e. The number of nitro groups is 1. The highest BCUT2D eigenvalue weighted by molar-refractivity contribution is 5.95. The van der Waals surface area contributed by atoms with Gasteiger partial charge in [0.2, 0.25) is 5.91 Å². The molecule has 0 aliphatic heterocycles. The number of nitrogens with one attached hydrogen (secondary N) is 2. The van der Waals surface area contributed by atoms with E-state index in [4.69, 9.17) is 9.47 Å². The molecule has 0 heterocycles. The molecule has 9 nitrogen and oxygen atoms in total. The number of hydrogen-bond donors (Lipinski definition) is 2. The molecule has 0 saturated carbocycles. The molecule has 0 spiro atoms. The Morgan fingerprint density at radius 2 is 1.59 bits per heavy atom. The van der Waals surface area contributed by atoms with E-state index in [0.717, 1.165) is 0 Å². The van der Waals surface area contributed by atoms with Crippen molar-refractivity contribution in [3.8, 4) is 0 Å². The van der Waals surface area contributed by atoms with Crippen LogP contribution in [0.5, 0.6) is 0 Å². The van der Waals surface area contributed by atoms with E-state index in [2.05, 4.69) is 10.6 Å². The van der Waals surface area contributed by atoms with Crippen LogP contribution in [0, 0.1) is 22.5 Å². The predicted molar refractivity (Wildman–Crippen MR) is 109 cm³/mol. The third-order valence-electron chi connectivity index (χ3n) is 3.70. The van der Waals surface area contributed by atoms with E-state index in [-0.39, 0.29) is 35.0 Å². The molecule has 0 unspecified atom stereocenters. The van der Waals surface area contributed by atoms with Gasteiger partial charge in [0.1, 0.15) is 0 Å². The van der Waals surface area contributed by atoms with Crippen molar-refractivity contribution in [3.63, 3.8) is 0 Å². The minimum absolute atomic E-state index is 0.00651. The molecule has 0 radical (unpaired) electrons. The fourth-order valence-electron chi connectivity index (χ4n) is 2.47. The number of amides is 2. The summed E-state index contributed by atoms with van der Waals surface area (Å²) in [7, 11) is 0. The van der Waals surface area contributed by atoms with Crippen LogP contribution in [-0.2, 0) is 14.3 Å². The van der Waals surface area contributed by atoms with Crippen LogP contribution in [0.25, 0.3) is 0 Å². The number of aryl methyl sites for hydroxylation is 1. The van der Waals surface area contributed by atoms with Gasteiger partial charge >= 0.3 is 0 Å². The molecule has 0 aromatic heterocycles. The molecular weight excluding hydrogens is 378 g/mol. The molecule has 29 heavy (non-hydrogen) atoms. The third-order valence-corrected chi connectivity index (χ3v) is 3.70. The Morgan fingerprint density at radius 1 is 1.00 bits per heavy atom. The molecule has 0 saturated heterocycles. The maximum absolute atomic E-state index is 12.1. The maximum atomic E-state index is 12.1. The summed E-state index contributed by atoms with van der Waals surface area (Å²) in [5.74, 6) is -0.380. The fraction of sp³-hybridized carbons (Fsp3) is 0.600. The molecule has 0 bridgehead atoms. The molecular formula is C20H31N3O6. The normalized spacial score (nSPS) is 11.2. The average Bonchev–Trinajstić information content (AvgIpc) is 2.61. The number of ether oxygens (including phenoxy) is 2. The summed E-state index contributed by atoms with van der Waals surface area (Å²) in [4.78, 5) is 34.0. The Hall–Kier alpha value is -2.52. The zero-order chi connectivity index (χ0) is 21.9. The van der Waals surface area contributed by atoms with Gasteiger partial charge in [-0.2, -0.15) is 0 Å². The first-order valence-electron chi connectivity index (χ1n) is 9.55. The van der Waals surface area contributed by atoms with Crippen molar-refractivity contribution in [2.24, 2.45) is 5.41 Å². The average molecular weight is 409 g/mol. The third kappa shape index (κ3) is 11.2. The lowest BCUT2D eigenvalue weighted by molar-refractivity contribution is -0.384. The molecule has 0 aliphatic rings. The lowest BCUT2D eigenvalue weighted by Crippen LogP contribution is -2.30. The molecule has 1 aromatic rings. The van der Waals surface area contributed by atoms with E-state index >= 15 is 0 Å². The first-order valence-corrected chi connectivity index (χ1v) is 9.55. The second kappa shape index (κ2) is 12.1. The smallest absolute Gasteiger partial charge is 0.270 e. The van der Waals surface area contributed by atoms with Gasteiger partial charge in [-0.3, -0.25) is 19.7 Å². The highest BCUT2D eigenvalue weighted by Crippen LogP contribution is 2.18. The Bertz CT molecular complexity index is 700. The van der Waals surface area contributed by atoms with Crippen LogP contribution in [0.2, 0.25) is 0 Å². The van der Waals surface area contributed by atoms with Crippen molar-refractivity contribution in [3.05, 3.63) is 39.4 Å². The summed E-state index contributed by atoms with van der Waals surface area (Å²) in [5, 5.41) is 16.3. The quantitative estimate of drug-likeness (QED) is 0.310. The van der Waals surface area contributed by atoms with Crippen LogP contribution in [0.15, 0.2) is 18.2 Å². The summed E-state index contributed by atoms with van der Waals surface area (Å²) in [5.41, 5.74) is 0.737. The summed E-state index contributed by atoms with van der Waals surface area (Å²) < 4.78 is 10.7. The molecule has 9 heteroatoms. The molecule has 1 aromatic carbocycles. The number of rotatable bonds is 12. The molecule has 2 amide bonds. The highest BCUT2D eigenvalue weighted by atomic mass is 16.6. The van der Waals surface area contributed by atoms with E-state index in [0.29, 0.717) is 45.0 Å². The minimum atomic E-state index is -0.525. The van der Waals surface area contributed by atoms with Gasteiger partial charge in [-0.1, -0.05) is 20.8 Å². The predicted octanol–water partition coefficient (Wildman–Crippen LogP) is 2.22. The summed E-state index contributed by atoms with van der Waals surface area (Å²) in [6.07, 6.45) is 0.470. The number of non-ortho nitro benzene ring substituents is 1. The van der Waals surface area contributed by atoms with Crippen LogP contribution in [-0.4, -0.2) is 56.3 Å². The van der Waals surface area contributed by atoms with Crippen LogP contribution in [0.3, 0.4) is 0 Å². The second-order valence-corrected chi connectivity index (χ2v) is 7.88. The van der Waals surface area contributed by atoms with E-state index in [1.165, 1.54) is 12.1 Å². The van der Waals surface area contributed by atoms with Gasteiger partial charge in [0.25, 0.3) is 11.6 Å². The standard InChI is InChI=1S/C20H31N3O6/c1-15-11-16(13-17(12-15)23(26)27)19(25)22-6-8-29-10-9-28-7-5-21-18(24)14-20(2,3)4/h11-13H,5-10,14H2,1-4H3,(H,21,24)(H,22,25). The first kappa shape index (κ1) is 24.5. The highest BCUT2D eigenvalue weighted by Gasteiger charge is 2.15. The van der Waals surface area contributed by atoms with Crippen molar-refractivity contribution in [1.82, 2.24) is 10.6 Å². The Kier molecular flexibility index (Phi) is 10.3. The largest absolute Gasteiger partial charge is 0.377 e. The lowest BCUT2D eigenvalue weighted by Gasteiger charge is -2.17. The summed E-state index contributed by atoms with van der Waals surface area (Å²) >= 11 is 0. The van der Waals surface area contributed by atoms with Crippen LogP contribution in [0.1, 0.15) is 43.1 Å². The number of carbonyl (C=O) groups is 2. The monoisotopic (exact) mass is 409 g/mol. The summed E-state index contributed by atoms with van der Waals surface area (Å²) in [6, 6.07) is 4.25. The Morgan fingerprint density at radius 3 is 2.14 bits per heavy atom. The van der Waals surface area contributed by atoms with E-state index in [9.17, 15) is 19.7 Å². The zero-order valence-corrected chi connectivity index (χ0v) is 17.6. The number of nitro benzene ring substituents is 1. The molecule has 2 N–H and O–H groups in total. The van der Waals surface area contributed by atoms with Crippen molar-refractivity contribution < 1.29 is 24.0 Å². The van der Waals surface area contributed by atoms with Crippen molar-refractivity contribution in [2.45, 2.75) is 34.1 Å². The van der Waals surface area contributed by atoms with Crippen molar-refractivity contribution in [1.29, 1.82) is 0 Å². The first-order chi connectivity index (χ1) is 13.6. The second-order valence-electron chi connectivity index (χ2n) is 7.88. The Balaban J connectivity index is 2.09. The molecule has 162 valence electrons. The van der Waals surface area contributed by atoms with Gasteiger partial charge in [-0.15, -0.1) is 0 Å². The molecule has 0 aliphatic carbocycles. The maximum Gasteiger partial charge on any atom is 0.270 e. The molecule has 0 fully saturated rings. The van der Waals surface area contributed by atoms with E-state index in [1.54, 1.807) is 13.0 Å². The van der Waals surface area contributed by atoms with Crippen LogP contribution in [0.4, 0.5) is 5.69 Å². The van der Waals surface area contributed by atoms with Gasteiger partial charge in [-0.05, 0) is 24.0 Å². The summed E-state index contributed by atoms with van der Waals surface area (Å²) in [6.45, 7) is 9.90. The lowest BCUT2D eigenvalue weighted by atomic mass is 9.92. The number of hydrogen-bond acceptors (Lipinski definition) is 6. The topological polar surface area (TPSA) is 120 Å². The van der Waals surface area contributed by atoms with Gasteiger partial charge in [0.05, 0.1) is 31.4 Å². The van der Waals surface area contributed by atoms with Crippen molar-refractivity contribution >= 4 is 17.5 Å². The zero-order valence-electron chi connectivity index (χ0n) is 17.6. The fourth-order valence-corrected chi connectivity index (χ4v) is 2.47. The molecule has 1 rings (SSSR count). The number of nitrogens with zero attached hydrogens (tertiary/aromatic N) is 1. The van der Waals surface area contributed by atoms with E-state index < -0.39 is 4.92 Å². The van der Waals surface area contributed by atoms with Gasteiger partial charge in [0.15, 0.2) is 0 Å². The number of carbonyl (C=O) groups excluding carboxylic acids is 2. The van der Waals surface area contributed by atoms with Crippen LogP contribution >= 0.6 is 0 Å². The van der Waals surface area contributed by atoms with Crippen molar-refractivity contribution in [2.75, 3.05) is 39.5 Å². The van der Waals surface area contributed by atoms with Gasteiger partial charge < -0.3 is 20.1 Å². The van der Waals surface area contributed by atoms with Crippen LogP contribution < -0.4 is 10.6 Å². The number of benzene rings is 1. The van der Waals surface area contributed by atoms with Gasteiger partial charge in [0, 0.05) is 37.2 Å². The SMILES string of the molecule is Cc1cc(C(=O)NCCOCCOCCNC(=O)CC(C)(C)C)cc([N+](=O)[O-])c1.